The van der Waals surface area contributed by atoms with Gasteiger partial charge in [0.05, 0.1) is 42.4 Å². The highest BCUT2D eigenvalue weighted by Gasteiger charge is 2.71. The van der Waals surface area contributed by atoms with Crippen LogP contribution in [0.25, 0.3) is 0 Å². The summed E-state index contributed by atoms with van der Waals surface area (Å²) in [7, 11) is 0. The molecule has 5 heterocycles. The van der Waals surface area contributed by atoms with Crippen molar-refractivity contribution in [2.45, 2.75) is 35.0 Å². The molecule has 2 aromatic carbocycles. The second kappa shape index (κ2) is 13.4. The van der Waals surface area contributed by atoms with Gasteiger partial charge in [0.2, 0.25) is 17.7 Å². The van der Waals surface area contributed by atoms with Crippen LogP contribution in [0, 0.1) is 11.8 Å². The Morgan fingerprint density at radius 2 is 1.54 bits per heavy atom. The molecule has 0 saturated carbocycles. The fraction of sp³-hybridized carbons (Fsp3) is 0.472. The maximum absolute atomic E-state index is 14.9. The van der Waals surface area contributed by atoms with Gasteiger partial charge in [0, 0.05) is 51.1 Å². The zero-order valence-corrected chi connectivity index (χ0v) is 26.8. The average molecular weight is 643 g/mol. The van der Waals surface area contributed by atoms with E-state index in [1.165, 1.54) is 0 Å². The van der Waals surface area contributed by atoms with Crippen LogP contribution in [0.15, 0.2) is 85.0 Å². The summed E-state index contributed by atoms with van der Waals surface area (Å²) in [5, 5.41) is 10.6. The molecule has 0 aromatic heterocycles. The van der Waals surface area contributed by atoms with Crippen LogP contribution in [0.3, 0.4) is 0 Å². The fourth-order valence-electron chi connectivity index (χ4n) is 7.94. The van der Waals surface area contributed by atoms with Crippen molar-refractivity contribution in [3.63, 3.8) is 0 Å². The molecule has 3 saturated heterocycles. The van der Waals surface area contributed by atoms with Crippen molar-refractivity contribution in [2.24, 2.45) is 11.8 Å². The lowest BCUT2D eigenvalue weighted by Crippen LogP contribution is -2.57. The lowest BCUT2D eigenvalue weighted by Gasteiger charge is -2.39. The van der Waals surface area contributed by atoms with Gasteiger partial charge in [0.25, 0.3) is 0 Å². The summed E-state index contributed by atoms with van der Waals surface area (Å²) in [6.07, 6.45) is 8.62. The van der Waals surface area contributed by atoms with Crippen LogP contribution in [0.5, 0.6) is 0 Å². The molecule has 5 aliphatic rings. The highest BCUT2D eigenvalue weighted by atomic mass is 32.2. The Bertz CT molecular complexity index is 1480. The van der Waals surface area contributed by atoms with Crippen molar-refractivity contribution in [3.8, 4) is 0 Å². The largest absolute Gasteiger partial charge is 0.394 e. The number of fused-ring (bicyclic) bond motifs is 2. The summed E-state index contributed by atoms with van der Waals surface area (Å²) in [6, 6.07) is 18.3. The van der Waals surface area contributed by atoms with Crippen LogP contribution in [-0.2, 0) is 32.1 Å². The van der Waals surface area contributed by atoms with Crippen LogP contribution in [0.2, 0.25) is 0 Å². The number of rotatable bonds is 9. The Kier molecular flexibility index (Phi) is 9.05. The number of likely N-dealkylation sites (tertiary alicyclic amines) is 1. The molecule has 242 valence electrons. The van der Waals surface area contributed by atoms with E-state index in [1.54, 1.807) is 16.7 Å². The average Bonchev–Trinajstić information content (AvgIpc) is 3.42. The van der Waals surface area contributed by atoms with E-state index >= 15 is 0 Å². The number of nitrogens with zero attached hydrogens (tertiary/aromatic N) is 4. The number of amides is 3. The van der Waals surface area contributed by atoms with Gasteiger partial charge >= 0.3 is 0 Å². The highest BCUT2D eigenvalue weighted by molar-refractivity contribution is 8.02. The minimum absolute atomic E-state index is 0.0555. The standard InChI is InChI=1S/C36H42N4O5S/c41-25-28(23-26-9-3-1-4-10-26)40-32-35(44)38(18-17-37-19-21-45-22-20-37)16-8-14-36(32)31(34(40)43)30-29(46-36)13-7-15-39(33(30)42)24-27-11-5-2-6-12-27/h1-14,28-32,41H,15-25H2/t28-,29+,30-,31+,32?,36+/m1/s1. The number of aliphatic hydroxyl groups is 1. The first-order valence-corrected chi connectivity index (χ1v) is 17.3. The minimum Gasteiger partial charge on any atom is -0.394 e. The summed E-state index contributed by atoms with van der Waals surface area (Å²) < 4.78 is 4.59. The Hall–Kier alpha value is -3.44. The van der Waals surface area contributed by atoms with Gasteiger partial charge < -0.3 is 24.5 Å². The van der Waals surface area contributed by atoms with Crippen LogP contribution in [0.1, 0.15) is 11.1 Å². The molecule has 46 heavy (non-hydrogen) atoms. The summed E-state index contributed by atoms with van der Waals surface area (Å²) in [6.45, 7) is 5.37. The monoisotopic (exact) mass is 642 g/mol. The van der Waals surface area contributed by atoms with Crippen molar-refractivity contribution in [1.82, 2.24) is 19.6 Å². The van der Waals surface area contributed by atoms with E-state index < -0.39 is 28.7 Å². The SMILES string of the molecule is O=C1C2N([C@@H](CO)Cc3ccccc3)C(=O)[C@@H]3[C@@H]4C(=O)N(Cc5ccccc5)CC=C[C@@H]4S[C@]23C=CCN1CCN1CCOCC1. The molecule has 2 aromatic rings. The quantitative estimate of drug-likeness (QED) is 0.420. The van der Waals surface area contributed by atoms with E-state index in [2.05, 4.69) is 17.1 Å². The third kappa shape index (κ3) is 5.70. The molecule has 0 aliphatic carbocycles. The van der Waals surface area contributed by atoms with E-state index in [-0.39, 0.29) is 29.6 Å². The molecule has 3 fully saturated rings. The lowest BCUT2D eigenvalue weighted by molar-refractivity contribution is -0.147. The Morgan fingerprint density at radius 3 is 2.26 bits per heavy atom. The van der Waals surface area contributed by atoms with E-state index in [4.69, 9.17) is 4.74 Å². The second-order valence-electron chi connectivity index (χ2n) is 12.9. The van der Waals surface area contributed by atoms with E-state index in [1.807, 2.05) is 82.6 Å². The molecule has 0 radical (unpaired) electrons. The van der Waals surface area contributed by atoms with Gasteiger partial charge in [-0.3, -0.25) is 19.3 Å². The number of hydrogen-bond acceptors (Lipinski definition) is 7. The van der Waals surface area contributed by atoms with Crippen LogP contribution < -0.4 is 0 Å². The Morgan fingerprint density at radius 1 is 0.848 bits per heavy atom. The molecular weight excluding hydrogens is 600 g/mol. The van der Waals surface area contributed by atoms with Crippen molar-refractivity contribution >= 4 is 29.5 Å². The number of carbonyl (C=O) groups is 3. The molecule has 6 atom stereocenters. The number of benzene rings is 2. The predicted molar refractivity (Wildman–Crippen MR) is 177 cm³/mol. The van der Waals surface area contributed by atoms with Gasteiger partial charge in [-0.1, -0.05) is 85.0 Å². The topological polar surface area (TPSA) is 93.6 Å². The zero-order valence-electron chi connectivity index (χ0n) is 26.0. The van der Waals surface area contributed by atoms with Crippen molar-refractivity contribution in [2.75, 3.05) is 59.1 Å². The van der Waals surface area contributed by atoms with Crippen LogP contribution in [0.4, 0.5) is 0 Å². The van der Waals surface area contributed by atoms with E-state index in [0.717, 1.165) is 30.8 Å². The molecule has 0 bridgehead atoms. The summed E-state index contributed by atoms with van der Waals surface area (Å²) >= 11 is 1.59. The van der Waals surface area contributed by atoms with Crippen LogP contribution in [-0.4, -0.2) is 124 Å². The number of aliphatic hydroxyl groups excluding tert-OH is 1. The minimum atomic E-state index is -0.920. The second-order valence-corrected chi connectivity index (χ2v) is 14.4. The maximum Gasteiger partial charge on any atom is 0.247 e. The molecule has 3 amide bonds. The highest BCUT2D eigenvalue weighted by Crippen LogP contribution is 2.61. The number of hydrogen-bond donors (Lipinski definition) is 1. The summed E-state index contributed by atoms with van der Waals surface area (Å²) in [5.41, 5.74) is 2.01. The normalized spacial score (nSPS) is 30.2. The molecule has 1 spiro atoms. The molecule has 7 rings (SSSR count). The molecule has 1 N–H and O–H groups in total. The van der Waals surface area contributed by atoms with Crippen LogP contribution >= 0.6 is 11.8 Å². The Labute approximate surface area is 274 Å². The first kappa shape index (κ1) is 31.2. The fourth-order valence-corrected chi connectivity index (χ4v) is 9.93. The van der Waals surface area contributed by atoms with Gasteiger partial charge in [0.15, 0.2) is 0 Å². The third-order valence-corrected chi connectivity index (χ3v) is 11.9. The maximum atomic E-state index is 14.9. The predicted octanol–water partition coefficient (Wildman–Crippen LogP) is 2.22. The molecule has 5 aliphatic heterocycles. The summed E-state index contributed by atoms with van der Waals surface area (Å²) in [5.74, 6) is -1.70. The van der Waals surface area contributed by atoms with Crippen molar-refractivity contribution in [1.29, 1.82) is 0 Å². The molecular formula is C36H42N4O5S. The molecule has 9 nitrogen and oxygen atoms in total. The first-order chi connectivity index (χ1) is 22.5. The van der Waals surface area contributed by atoms with Gasteiger partial charge in [-0.25, -0.2) is 0 Å². The number of carbonyl (C=O) groups excluding carboxylic acids is 3. The van der Waals surface area contributed by atoms with Crippen molar-refractivity contribution < 1.29 is 24.2 Å². The smallest absolute Gasteiger partial charge is 0.247 e. The molecule has 10 heteroatoms. The Balaban J connectivity index is 1.24. The lowest BCUT2D eigenvalue weighted by atomic mass is 9.78. The van der Waals surface area contributed by atoms with Gasteiger partial charge in [0.1, 0.15) is 6.04 Å². The molecule has 1 unspecified atom stereocenters. The van der Waals surface area contributed by atoms with E-state index in [9.17, 15) is 19.5 Å². The van der Waals surface area contributed by atoms with E-state index in [0.29, 0.717) is 45.8 Å². The number of thioether (sulfide) groups is 1. The zero-order chi connectivity index (χ0) is 31.7. The number of ether oxygens (including phenoxy) is 1. The van der Waals surface area contributed by atoms with Gasteiger partial charge in [-0.15, -0.1) is 11.8 Å². The first-order valence-electron chi connectivity index (χ1n) is 16.4. The van der Waals surface area contributed by atoms with Gasteiger partial charge in [-0.2, -0.15) is 0 Å². The van der Waals surface area contributed by atoms with Gasteiger partial charge in [-0.05, 0) is 17.5 Å². The van der Waals surface area contributed by atoms with Crippen molar-refractivity contribution in [3.05, 3.63) is 96.1 Å². The third-order valence-electron chi connectivity index (χ3n) is 10.2. The number of morpholine rings is 1. The summed E-state index contributed by atoms with van der Waals surface area (Å²) in [4.78, 5) is 51.8.